The third-order valence-electron chi connectivity index (χ3n) is 4.85. The molecule has 5 heteroatoms. The molecule has 110 valence electrons. The fourth-order valence-electron chi connectivity index (χ4n) is 2.88. The van der Waals surface area contributed by atoms with Gasteiger partial charge in [-0.05, 0) is 47.4 Å². The number of hydrogen-bond acceptors (Lipinski definition) is 3. The van der Waals surface area contributed by atoms with Crippen molar-refractivity contribution in [1.82, 2.24) is 10.0 Å². The highest BCUT2D eigenvalue weighted by molar-refractivity contribution is 7.89. The van der Waals surface area contributed by atoms with Crippen LogP contribution in [0.5, 0.6) is 0 Å². The number of nitrogens with one attached hydrogen (secondary N) is 2. The Morgan fingerprint density at radius 2 is 1.95 bits per heavy atom. The molecule has 0 atom stereocenters. The van der Waals surface area contributed by atoms with Gasteiger partial charge < -0.3 is 5.32 Å². The van der Waals surface area contributed by atoms with E-state index in [9.17, 15) is 8.42 Å². The molecule has 1 heterocycles. The lowest BCUT2D eigenvalue weighted by molar-refractivity contribution is 0.357. The summed E-state index contributed by atoms with van der Waals surface area (Å²) in [5, 5.41) is 3.23. The van der Waals surface area contributed by atoms with E-state index in [4.69, 9.17) is 0 Å². The van der Waals surface area contributed by atoms with Crippen LogP contribution in [-0.4, -0.2) is 15.0 Å². The van der Waals surface area contributed by atoms with Gasteiger partial charge in [-0.25, -0.2) is 13.1 Å². The molecular formula is C15H22N2O2S. The van der Waals surface area contributed by atoms with E-state index in [2.05, 4.69) is 23.9 Å². The van der Waals surface area contributed by atoms with Crippen molar-refractivity contribution in [2.45, 2.75) is 44.7 Å². The van der Waals surface area contributed by atoms with Crippen LogP contribution in [-0.2, 0) is 23.1 Å². The molecule has 1 aromatic carbocycles. The Bertz CT molecular complexity index is 619. The monoisotopic (exact) mass is 294 g/mol. The van der Waals surface area contributed by atoms with Crippen molar-refractivity contribution in [2.24, 2.45) is 11.3 Å². The summed E-state index contributed by atoms with van der Waals surface area (Å²) in [7, 11) is -3.39. The van der Waals surface area contributed by atoms with Crippen molar-refractivity contribution < 1.29 is 8.42 Å². The standard InChI is InChI=1S/C15H22N2O2S/c1-11(2)15(5-6-15)10-17-20(18,19)14-4-3-12-8-16-9-13(12)7-14/h3-4,7,11,16-17H,5-6,8-10H2,1-2H3. The van der Waals surface area contributed by atoms with E-state index in [1.807, 2.05) is 6.07 Å². The number of benzene rings is 1. The smallest absolute Gasteiger partial charge is 0.240 e. The summed E-state index contributed by atoms with van der Waals surface area (Å²) in [6, 6.07) is 5.43. The van der Waals surface area contributed by atoms with Crippen molar-refractivity contribution >= 4 is 10.0 Å². The molecule has 1 saturated carbocycles. The van der Waals surface area contributed by atoms with E-state index in [1.54, 1.807) is 12.1 Å². The first-order valence-electron chi connectivity index (χ1n) is 7.25. The Morgan fingerprint density at radius 3 is 2.60 bits per heavy atom. The molecule has 1 fully saturated rings. The molecule has 4 nitrogen and oxygen atoms in total. The zero-order chi connectivity index (χ0) is 14.4. The minimum Gasteiger partial charge on any atom is -0.309 e. The van der Waals surface area contributed by atoms with Crippen LogP contribution in [0.1, 0.15) is 37.8 Å². The maximum Gasteiger partial charge on any atom is 0.240 e. The molecule has 1 aliphatic carbocycles. The molecule has 2 aliphatic rings. The fourth-order valence-corrected chi connectivity index (χ4v) is 4.07. The Kier molecular flexibility index (Phi) is 3.39. The van der Waals surface area contributed by atoms with E-state index in [1.165, 1.54) is 5.56 Å². The first-order valence-corrected chi connectivity index (χ1v) is 8.73. The average Bonchev–Trinajstić information content (AvgIpc) is 3.07. The highest BCUT2D eigenvalue weighted by Gasteiger charge is 2.45. The predicted molar refractivity (Wildman–Crippen MR) is 78.7 cm³/mol. The number of fused-ring (bicyclic) bond motifs is 1. The first-order chi connectivity index (χ1) is 9.43. The maximum absolute atomic E-state index is 12.4. The van der Waals surface area contributed by atoms with E-state index >= 15 is 0 Å². The second-order valence-electron chi connectivity index (χ2n) is 6.38. The molecular weight excluding hydrogens is 272 g/mol. The average molecular weight is 294 g/mol. The van der Waals surface area contributed by atoms with Crippen LogP contribution >= 0.6 is 0 Å². The topological polar surface area (TPSA) is 58.2 Å². The Labute approximate surface area is 121 Å². The van der Waals surface area contributed by atoms with Gasteiger partial charge >= 0.3 is 0 Å². The minimum absolute atomic E-state index is 0.186. The predicted octanol–water partition coefficient (Wildman–Crippen LogP) is 2.00. The number of rotatable bonds is 5. The van der Waals surface area contributed by atoms with Gasteiger partial charge in [0.05, 0.1) is 4.90 Å². The largest absolute Gasteiger partial charge is 0.309 e. The van der Waals surface area contributed by atoms with Crippen molar-refractivity contribution in [3.05, 3.63) is 29.3 Å². The van der Waals surface area contributed by atoms with Crippen molar-refractivity contribution in [3.63, 3.8) is 0 Å². The van der Waals surface area contributed by atoms with Crippen LogP contribution in [0, 0.1) is 11.3 Å². The molecule has 0 unspecified atom stereocenters. The molecule has 20 heavy (non-hydrogen) atoms. The summed E-state index contributed by atoms with van der Waals surface area (Å²) < 4.78 is 27.6. The molecule has 0 bridgehead atoms. The molecule has 0 saturated heterocycles. The van der Waals surface area contributed by atoms with Crippen molar-refractivity contribution in [2.75, 3.05) is 6.54 Å². The lowest BCUT2D eigenvalue weighted by Crippen LogP contribution is -2.32. The van der Waals surface area contributed by atoms with Crippen LogP contribution in [0.25, 0.3) is 0 Å². The third-order valence-corrected chi connectivity index (χ3v) is 6.25. The van der Waals surface area contributed by atoms with Gasteiger partial charge in [0.25, 0.3) is 0 Å². The van der Waals surface area contributed by atoms with Crippen LogP contribution in [0.3, 0.4) is 0 Å². The summed E-state index contributed by atoms with van der Waals surface area (Å²) in [5.74, 6) is 0.523. The van der Waals surface area contributed by atoms with Gasteiger partial charge in [-0.2, -0.15) is 0 Å². The first kappa shape index (κ1) is 14.0. The minimum atomic E-state index is -3.39. The quantitative estimate of drug-likeness (QED) is 0.873. The Morgan fingerprint density at radius 1 is 1.25 bits per heavy atom. The molecule has 1 aliphatic heterocycles. The van der Waals surface area contributed by atoms with Gasteiger partial charge in [0.1, 0.15) is 0 Å². The number of hydrogen-bond donors (Lipinski definition) is 2. The molecule has 2 N–H and O–H groups in total. The second kappa shape index (κ2) is 4.83. The maximum atomic E-state index is 12.4. The van der Waals surface area contributed by atoms with E-state index in [0.29, 0.717) is 17.4 Å². The third kappa shape index (κ3) is 2.50. The lowest BCUT2D eigenvalue weighted by atomic mass is 9.93. The van der Waals surface area contributed by atoms with Gasteiger partial charge in [-0.1, -0.05) is 19.9 Å². The molecule has 3 rings (SSSR count). The van der Waals surface area contributed by atoms with Gasteiger partial charge in [0.15, 0.2) is 0 Å². The summed E-state index contributed by atoms with van der Waals surface area (Å²) in [6.07, 6.45) is 2.25. The zero-order valence-electron chi connectivity index (χ0n) is 12.1. The normalized spacial score (nSPS) is 20.1. The van der Waals surface area contributed by atoms with Crippen LogP contribution in [0.2, 0.25) is 0 Å². The van der Waals surface area contributed by atoms with Gasteiger partial charge in [0.2, 0.25) is 10.0 Å². The van der Waals surface area contributed by atoms with Gasteiger partial charge in [-0.3, -0.25) is 0 Å². The fraction of sp³-hybridized carbons (Fsp3) is 0.600. The summed E-state index contributed by atoms with van der Waals surface area (Å²) in [4.78, 5) is 0.388. The Hall–Kier alpha value is -0.910. The van der Waals surface area contributed by atoms with Gasteiger partial charge in [-0.15, -0.1) is 0 Å². The van der Waals surface area contributed by atoms with Crippen LogP contribution < -0.4 is 10.0 Å². The molecule has 0 aromatic heterocycles. The molecule has 0 radical (unpaired) electrons. The van der Waals surface area contributed by atoms with E-state index < -0.39 is 10.0 Å². The number of sulfonamides is 1. The van der Waals surface area contributed by atoms with Crippen molar-refractivity contribution in [3.8, 4) is 0 Å². The van der Waals surface area contributed by atoms with E-state index in [0.717, 1.165) is 31.5 Å². The molecule has 0 spiro atoms. The van der Waals surface area contributed by atoms with E-state index in [-0.39, 0.29) is 5.41 Å². The SMILES string of the molecule is CC(C)C1(CNS(=O)(=O)c2ccc3c(c2)CNC3)CC1. The van der Waals surface area contributed by atoms with Crippen LogP contribution in [0.15, 0.2) is 23.1 Å². The Balaban J connectivity index is 1.75. The van der Waals surface area contributed by atoms with Crippen molar-refractivity contribution in [1.29, 1.82) is 0 Å². The highest BCUT2D eigenvalue weighted by atomic mass is 32.2. The molecule has 0 amide bonds. The summed E-state index contributed by atoms with van der Waals surface area (Å²) in [5.41, 5.74) is 2.48. The lowest BCUT2D eigenvalue weighted by Gasteiger charge is -2.20. The second-order valence-corrected chi connectivity index (χ2v) is 8.14. The van der Waals surface area contributed by atoms with Crippen LogP contribution in [0.4, 0.5) is 0 Å². The zero-order valence-corrected chi connectivity index (χ0v) is 12.9. The van der Waals surface area contributed by atoms with Gasteiger partial charge in [0, 0.05) is 19.6 Å². The summed E-state index contributed by atoms with van der Waals surface area (Å²) in [6.45, 7) is 6.49. The summed E-state index contributed by atoms with van der Waals surface area (Å²) >= 11 is 0. The molecule has 1 aromatic rings. The highest BCUT2D eigenvalue weighted by Crippen LogP contribution is 2.51.